The third-order valence-corrected chi connectivity index (χ3v) is 3.47. The normalized spacial score (nSPS) is 11.4. The molecule has 0 aliphatic heterocycles. The van der Waals surface area contributed by atoms with Crippen molar-refractivity contribution in [3.8, 4) is 0 Å². The van der Waals surface area contributed by atoms with E-state index in [1.807, 2.05) is 13.8 Å². The Bertz CT molecular complexity index is 818. The van der Waals surface area contributed by atoms with Crippen molar-refractivity contribution >= 4 is 17.1 Å². The van der Waals surface area contributed by atoms with E-state index >= 15 is 0 Å². The van der Waals surface area contributed by atoms with E-state index in [9.17, 15) is 8.78 Å². The van der Waals surface area contributed by atoms with Crippen LogP contribution in [0, 0.1) is 18.6 Å². The number of aromatic nitrogens is 4. The summed E-state index contributed by atoms with van der Waals surface area (Å²) >= 11 is 0. The molecule has 0 bridgehead atoms. The fourth-order valence-corrected chi connectivity index (χ4v) is 2.44. The van der Waals surface area contributed by atoms with Gasteiger partial charge >= 0.3 is 0 Å². The smallest absolute Gasteiger partial charge is 0.202 e. The molecular weight excluding hydrogens is 276 g/mol. The van der Waals surface area contributed by atoms with Gasteiger partial charge in [-0.05, 0) is 19.9 Å². The Kier molecular flexibility index (Phi) is 3.12. The largest absolute Gasteiger partial charge is 0.369 e. The van der Waals surface area contributed by atoms with Crippen LogP contribution in [0.2, 0.25) is 0 Å². The average molecular weight is 291 g/mol. The number of aryl methyl sites for hydroxylation is 2. The van der Waals surface area contributed by atoms with Gasteiger partial charge in [-0.2, -0.15) is 5.10 Å². The number of imidazole rings is 1. The fourth-order valence-electron chi connectivity index (χ4n) is 2.44. The minimum atomic E-state index is -0.602. The standard InChI is InChI=1S/C14H15F2N5/c1-3-21-13-12(8(2)19-21)18-14(17)20(13)7-9-4-5-10(15)6-11(9)16/h4-6H,3,7H2,1-2H3,(H2,17,18). The predicted octanol–water partition coefficient (Wildman–Crippen LogP) is 2.47. The second kappa shape index (κ2) is 4.83. The molecule has 0 atom stereocenters. The summed E-state index contributed by atoms with van der Waals surface area (Å²) in [6.45, 7) is 4.64. The first-order chi connectivity index (χ1) is 10.0. The monoisotopic (exact) mass is 291 g/mol. The highest BCUT2D eigenvalue weighted by molar-refractivity contribution is 5.77. The lowest BCUT2D eigenvalue weighted by Gasteiger charge is -2.09. The van der Waals surface area contributed by atoms with Crippen LogP contribution >= 0.6 is 0 Å². The van der Waals surface area contributed by atoms with E-state index in [1.165, 1.54) is 12.1 Å². The Labute approximate surface area is 120 Å². The molecule has 0 aliphatic carbocycles. The van der Waals surface area contributed by atoms with Crippen molar-refractivity contribution in [1.82, 2.24) is 19.3 Å². The molecule has 2 heterocycles. The molecule has 0 unspecified atom stereocenters. The summed E-state index contributed by atoms with van der Waals surface area (Å²) in [5.74, 6) is -0.915. The van der Waals surface area contributed by atoms with Crippen LogP contribution in [-0.2, 0) is 13.1 Å². The number of hydrogen-bond acceptors (Lipinski definition) is 3. The molecule has 7 heteroatoms. The van der Waals surface area contributed by atoms with Crippen molar-refractivity contribution in [1.29, 1.82) is 0 Å². The molecule has 0 fully saturated rings. The second-order valence-electron chi connectivity index (χ2n) is 4.87. The van der Waals surface area contributed by atoms with Gasteiger partial charge in [0.2, 0.25) is 5.95 Å². The molecule has 0 amide bonds. The second-order valence-corrected chi connectivity index (χ2v) is 4.87. The first-order valence-electron chi connectivity index (χ1n) is 6.64. The molecule has 3 aromatic rings. The van der Waals surface area contributed by atoms with E-state index in [0.717, 1.165) is 17.4 Å². The minimum absolute atomic E-state index is 0.180. The van der Waals surface area contributed by atoms with Crippen LogP contribution in [0.25, 0.3) is 11.2 Å². The molecular formula is C14H15F2N5. The van der Waals surface area contributed by atoms with Crippen LogP contribution in [0.5, 0.6) is 0 Å². The van der Waals surface area contributed by atoms with E-state index in [-0.39, 0.29) is 12.5 Å². The van der Waals surface area contributed by atoms with Gasteiger partial charge < -0.3 is 5.73 Å². The van der Waals surface area contributed by atoms with Crippen molar-refractivity contribution in [2.75, 3.05) is 5.73 Å². The number of rotatable bonds is 3. The van der Waals surface area contributed by atoms with E-state index < -0.39 is 11.6 Å². The van der Waals surface area contributed by atoms with Crippen LogP contribution in [0.4, 0.5) is 14.7 Å². The number of hydrogen-bond donors (Lipinski definition) is 1. The third kappa shape index (κ3) is 2.14. The molecule has 0 aliphatic rings. The number of nitrogen functional groups attached to an aromatic ring is 1. The summed E-state index contributed by atoms with van der Waals surface area (Å²) < 4.78 is 30.3. The van der Waals surface area contributed by atoms with Gasteiger partial charge in [0, 0.05) is 18.2 Å². The van der Waals surface area contributed by atoms with Gasteiger partial charge in [-0.15, -0.1) is 0 Å². The Hall–Kier alpha value is -2.44. The third-order valence-electron chi connectivity index (χ3n) is 3.47. The Balaban J connectivity index is 2.13. The van der Waals surface area contributed by atoms with E-state index in [4.69, 9.17) is 5.73 Å². The molecule has 1 aromatic carbocycles. The molecule has 3 rings (SSSR count). The van der Waals surface area contributed by atoms with Gasteiger partial charge in [0.05, 0.1) is 12.2 Å². The van der Waals surface area contributed by atoms with Gasteiger partial charge in [-0.1, -0.05) is 6.07 Å². The zero-order chi connectivity index (χ0) is 15.1. The Morgan fingerprint density at radius 1 is 1.29 bits per heavy atom. The zero-order valence-electron chi connectivity index (χ0n) is 11.8. The highest BCUT2D eigenvalue weighted by Gasteiger charge is 2.17. The predicted molar refractivity (Wildman–Crippen MR) is 75.8 cm³/mol. The number of fused-ring (bicyclic) bond motifs is 1. The number of benzene rings is 1. The minimum Gasteiger partial charge on any atom is -0.369 e. The van der Waals surface area contributed by atoms with Gasteiger partial charge in [-0.25, -0.2) is 18.4 Å². The summed E-state index contributed by atoms with van der Waals surface area (Å²) in [6, 6.07) is 3.50. The maximum Gasteiger partial charge on any atom is 0.202 e. The van der Waals surface area contributed by atoms with Crippen LogP contribution in [-0.4, -0.2) is 19.3 Å². The lowest BCUT2D eigenvalue weighted by molar-refractivity contribution is 0.565. The van der Waals surface area contributed by atoms with Crippen LogP contribution in [0.3, 0.4) is 0 Å². The molecule has 0 saturated carbocycles. The van der Waals surface area contributed by atoms with Gasteiger partial charge in [0.25, 0.3) is 0 Å². The van der Waals surface area contributed by atoms with Crippen molar-refractivity contribution in [2.24, 2.45) is 0 Å². The number of halogens is 2. The highest BCUT2D eigenvalue weighted by Crippen LogP contribution is 2.23. The molecule has 5 nitrogen and oxygen atoms in total. The summed E-state index contributed by atoms with van der Waals surface area (Å²) in [5.41, 5.74) is 8.51. The highest BCUT2D eigenvalue weighted by atomic mass is 19.1. The van der Waals surface area contributed by atoms with Crippen LogP contribution in [0.1, 0.15) is 18.2 Å². The lowest BCUT2D eigenvalue weighted by atomic mass is 10.2. The molecule has 2 N–H and O–H groups in total. The van der Waals surface area contributed by atoms with Gasteiger partial charge in [-0.3, -0.25) is 4.57 Å². The number of nitrogens with zero attached hydrogens (tertiary/aromatic N) is 4. The number of anilines is 1. The molecule has 0 spiro atoms. The molecule has 110 valence electrons. The van der Waals surface area contributed by atoms with Crippen LogP contribution < -0.4 is 5.73 Å². The zero-order valence-corrected chi connectivity index (χ0v) is 11.8. The first kappa shape index (κ1) is 13.5. The summed E-state index contributed by atoms with van der Waals surface area (Å²) in [5, 5.41) is 4.37. The molecule has 0 saturated heterocycles. The lowest BCUT2D eigenvalue weighted by Crippen LogP contribution is -2.10. The topological polar surface area (TPSA) is 61.7 Å². The maximum atomic E-state index is 13.8. The van der Waals surface area contributed by atoms with Gasteiger partial charge in [0.15, 0.2) is 5.65 Å². The summed E-state index contributed by atoms with van der Waals surface area (Å²) in [7, 11) is 0. The van der Waals surface area contributed by atoms with Crippen LogP contribution in [0.15, 0.2) is 18.2 Å². The summed E-state index contributed by atoms with van der Waals surface area (Å²) in [4.78, 5) is 4.29. The molecule has 0 radical (unpaired) electrons. The summed E-state index contributed by atoms with van der Waals surface area (Å²) in [6.07, 6.45) is 0. The Morgan fingerprint density at radius 2 is 2.05 bits per heavy atom. The maximum absolute atomic E-state index is 13.8. The quantitative estimate of drug-likeness (QED) is 0.806. The average Bonchev–Trinajstić information content (AvgIpc) is 2.91. The van der Waals surface area contributed by atoms with Crippen molar-refractivity contribution < 1.29 is 8.78 Å². The van der Waals surface area contributed by atoms with Gasteiger partial charge in [0.1, 0.15) is 17.2 Å². The van der Waals surface area contributed by atoms with Crippen molar-refractivity contribution in [3.05, 3.63) is 41.1 Å². The first-order valence-corrected chi connectivity index (χ1v) is 6.64. The van der Waals surface area contributed by atoms with E-state index in [1.54, 1.807) is 9.25 Å². The van der Waals surface area contributed by atoms with Crippen molar-refractivity contribution in [3.63, 3.8) is 0 Å². The van der Waals surface area contributed by atoms with E-state index in [2.05, 4.69) is 10.1 Å². The fraction of sp³-hybridized carbons (Fsp3) is 0.286. The molecule has 21 heavy (non-hydrogen) atoms. The van der Waals surface area contributed by atoms with E-state index in [0.29, 0.717) is 17.6 Å². The Morgan fingerprint density at radius 3 is 2.71 bits per heavy atom. The molecule has 2 aromatic heterocycles. The number of nitrogens with two attached hydrogens (primary N) is 1. The SMILES string of the molecule is CCn1nc(C)c2nc(N)n(Cc3ccc(F)cc3F)c21. The van der Waals surface area contributed by atoms with Crippen molar-refractivity contribution in [2.45, 2.75) is 26.9 Å².